The van der Waals surface area contributed by atoms with Gasteiger partial charge in [0.25, 0.3) is 0 Å². The highest BCUT2D eigenvalue weighted by Crippen LogP contribution is 2.27. The standard InChI is InChI=1S/C24H17BrINO3/c1-15-6-2-3-8-18(15)14-29-22-9-5-4-7-16(22)13-21-24(28)30-23(27-21)17-10-11-20(26)19(25)12-17/h2-13H,14H2,1H3/b21-13-. The number of para-hydroxylation sites is 1. The van der Waals surface area contributed by atoms with Crippen molar-refractivity contribution in [2.24, 2.45) is 4.99 Å². The van der Waals surface area contributed by atoms with Crippen LogP contribution < -0.4 is 4.74 Å². The second-order valence-electron chi connectivity index (χ2n) is 6.72. The zero-order valence-corrected chi connectivity index (χ0v) is 19.8. The molecule has 0 unspecified atom stereocenters. The zero-order valence-electron chi connectivity index (χ0n) is 16.1. The summed E-state index contributed by atoms with van der Waals surface area (Å²) in [6, 6.07) is 21.4. The van der Waals surface area contributed by atoms with Crippen LogP contribution in [0.4, 0.5) is 0 Å². The Morgan fingerprint density at radius 2 is 1.87 bits per heavy atom. The molecule has 0 aromatic heterocycles. The number of ether oxygens (including phenoxy) is 2. The minimum absolute atomic E-state index is 0.242. The molecule has 0 fully saturated rings. The first-order valence-corrected chi connectivity index (χ1v) is 11.1. The molecule has 0 atom stereocenters. The number of halogens is 2. The minimum Gasteiger partial charge on any atom is -0.488 e. The fraction of sp³-hybridized carbons (Fsp3) is 0.0833. The molecule has 0 saturated heterocycles. The maximum absolute atomic E-state index is 12.4. The Morgan fingerprint density at radius 3 is 2.67 bits per heavy atom. The molecule has 0 spiro atoms. The van der Waals surface area contributed by atoms with Crippen molar-refractivity contribution in [1.29, 1.82) is 0 Å². The van der Waals surface area contributed by atoms with E-state index < -0.39 is 5.97 Å². The highest BCUT2D eigenvalue weighted by atomic mass is 127. The van der Waals surface area contributed by atoms with Gasteiger partial charge in [-0.3, -0.25) is 0 Å². The van der Waals surface area contributed by atoms with Crippen molar-refractivity contribution in [3.8, 4) is 5.75 Å². The number of carbonyl (C=O) groups is 1. The number of carbonyl (C=O) groups excluding carboxylic acids is 1. The normalized spacial score (nSPS) is 14.6. The largest absolute Gasteiger partial charge is 0.488 e. The Bertz CT molecular complexity index is 1190. The molecule has 0 aliphatic carbocycles. The molecule has 0 amide bonds. The Kier molecular flexibility index (Phi) is 6.34. The molecule has 1 aliphatic rings. The van der Waals surface area contributed by atoms with E-state index in [2.05, 4.69) is 56.5 Å². The minimum atomic E-state index is -0.478. The van der Waals surface area contributed by atoms with Gasteiger partial charge in [0.05, 0.1) is 0 Å². The van der Waals surface area contributed by atoms with Crippen LogP contribution in [0.15, 0.2) is 81.9 Å². The van der Waals surface area contributed by atoms with Crippen LogP contribution in [-0.2, 0) is 16.1 Å². The van der Waals surface area contributed by atoms with Crippen molar-refractivity contribution in [3.05, 3.63) is 103 Å². The molecular formula is C24H17BrINO3. The number of esters is 1. The number of benzene rings is 3. The van der Waals surface area contributed by atoms with Gasteiger partial charge in [0.2, 0.25) is 5.90 Å². The van der Waals surface area contributed by atoms with Gasteiger partial charge in [-0.25, -0.2) is 9.79 Å². The summed E-state index contributed by atoms with van der Waals surface area (Å²) >= 11 is 5.72. The van der Waals surface area contributed by atoms with Gasteiger partial charge in [-0.1, -0.05) is 42.5 Å². The fourth-order valence-corrected chi connectivity index (χ4v) is 3.68. The molecule has 3 aromatic rings. The third kappa shape index (κ3) is 4.65. The number of aliphatic imine (C=N–C) groups is 1. The summed E-state index contributed by atoms with van der Waals surface area (Å²) in [5.74, 6) is 0.497. The molecule has 4 rings (SSSR count). The number of hydrogen-bond donors (Lipinski definition) is 0. The third-order valence-electron chi connectivity index (χ3n) is 4.64. The Balaban J connectivity index is 1.60. The first-order valence-electron chi connectivity index (χ1n) is 9.25. The molecule has 30 heavy (non-hydrogen) atoms. The smallest absolute Gasteiger partial charge is 0.363 e. The van der Waals surface area contributed by atoms with E-state index >= 15 is 0 Å². The molecule has 4 nitrogen and oxygen atoms in total. The SMILES string of the molecule is Cc1ccccc1COc1ccccc1/C=C1\N=C(c2ccc(I)c(Br)c2)OC1=O. The number of aryl methyl sites for hydroxylation is 1. The Morgan fingerprint density at radius 1 is 1.10 bits per heavy atom. The molecule has 0 bridgehead atoms. The van der Waals surface area contributed by atoms with E-state index in [0.29, 0.717) is 18.3 Å². The lowest BCUT2D eigenvalue weighted by molar-refractivity contribution is -0.129. The van der Waals surface area contributed by atoms with E-state index in [-0.39, 0.29) is 5.70 Å². The average Bonchev–Trinajstić information content (AvgIpc) is 3.11. The van der Waals surface area contributed by atoms with Crippen LogP contribution in [0.1, 0.15) is 22.3 Å². The molecule has 0 radical (unpaired) electrons. The van der Waals surface area contributed by atoms with Crippen molar-refractivity contribution in [3.63, 3.8) is 0 Å². The van der Waals surface area contributed by atoms with Crippen molar-refractivity contribution in [2.75, 3.05) is 0 Å². The Hall–Kier alpha value is -2.45. The summed E-state index contributed by atoms with van der Waals surface area (Å²) in [5.41, 5.74) is 4.04. The van der Waals surface area contributed by atoms with Crippen LogP contribution in [-0.4, -0.2) is 11.9 Å². The molecule has 1 heterocycles. The van der Waals surface area contributed by atoms with Crippen molar-refractivity contribution in [2.45, 2.75) is 13.5 Å². The predicted molar refractivity (Wildman–Crippen MR) is 129 cm³/mol. The van der Waals surface area contributed by atoms with Crippen LogP contribution in [0.5, 0.6) is 5.75 Å². The van der Waals surface area contributed by atoms with Crippen LogP contribution in [0.3, 0.4) is 0 Å². The lowest BCUT2D eigenvalue weighted by Crippen LogP contribution is -2.05. The molecule has 6 heteroatoms. The first-order chi connectivity index (χ1) is 14.5. The van der Waals surface area contributed by atoms with Gasteiger partial charge in [0.15, 0.2) is 5.70 Å². The van der Waals surface area contributed by atoms with Gasteiger partial charge in [0, 0.05) is 19.2 Å². The van der Waals surface area contributed by atoms with E-state index in [9.17, 15) is 4.79 Å². The quantitative estimate of drug-likeness (QED) is 0.205. The van der Waals surface area contributed by atoms with E-state index in [1.807, 2.05) is 60.7 Å². The molecule has 0 saturated carbocycles. The second-order valence-corrected chi connectivity index (χ2v) is 8.73. The maximum Gasteiger partial charge on any atom is 0.363 e. The lowest BCUT2D eigenvalue weighted by Gasteiger charge is -2.11. The van der Waals surface area contributed by atoms with Gasteiger partial charge in [-0.15, -0.1) is 0 Å². The summed E-state index contributed by atoms with van der Waals surface area (Å²) < 4.78 is 13.4. The first kappa shape index (κ1) is 20.8. The molecule has 1 aliphatic heterocycles. The van der Waals surface area contributed by atoms with E-state index in [1.165, 1.54) is 5.56 Å². The summed E-state index contributed by atoms with van der Waals surface area (Å²) in [5, 5.41) is 0. The fourth-order valence-electron chi connectivity index (χ4n) is 2.97. The van der Waals surface area contributed by atoms with Gasteiger partial charge in [-0.2, -0.15) is 0 Å². The molecule has 3 aromatic carbocycles. The molecule has 150 valence electrons. The van der Waals surface area contributed by atoms with Crippen LogP contribution in [0, 0.1) is 10.5 Å². The molecule has 0 N–H and O–H groups in total. The lowest BCUT2D eigenvalue weighted by atomic mass is 10.1. The Labute approximate surface area is 196 Å². The topological polar surface area (TPSA) is 47.9 Å². The van der Waals surface area contributed by atoms with Crippen molar-refractivity contribution >= 4 is 56.5 Å². The van der Waals surface area contributed by atoms with Crippen LogP contribution in [0.25, 0.3) is 6.08 Å². The molecular weight excluding hydrogens is 557 g/mol. The number of hydrogen-bond acceptors (Lipinski definition) is 4. The summed E-state index contributed by atoms with van der Waals surface area (Å²) in [7, 11) is 0. The van der Waals surface area contributed by atoms with Crippen LogP contribution >= 0.6 is 38.5 Å². The van der Waals surface area contributed by atoms with Gasteiger partial charge in [0.1, 0.15) is 12.4 Å². The number of nitrogens with zero attached hydrogens (tertiary/aromatic N) is 1. The van der Waals surface area contributed by atoms with E-state index in [1.54, 1.807) is 6.08 Å². The average molecular weight is 574 g/mol. The van der Waals surface area contributed by atoms with E-state index in [4.69, 9.17) is 9.47 Å². The summed E-state index contributed by atoms with van der Waals surface area (Å²) in [4.78, 5) is 16.8. The van der Waals surface area contributed by atoms with Gasteiger partial charge < -0.3 is 9.47 Å². The van der Waals surface area contributed by atoms with Gasteiger partial charge >= 0.3 is 5.97 Å². The number of rotatable bonds is 5. The number of cyclic esters (lactones) is 1. The predicted octanol–water partition coefficient (Wildman–Crippen LogP) is 6.29. The van der Waals surface area contributed by atoms with Crippen molar-refractivity contribution < 1.29 is 14.3 Å². The monoisotopic (exact) mass is 573 g/mol. The van der Waals surface area contributed by atoms with Crippen molar-refractivity contribution in [1.82, 2.24) is 0 Å². The highest BCUT2D eigenvalue weighted by molar-refractivity contribution is 14.1. The van der Waals surface area contributed by atoms with E-state index in [0.717, 1.165) is 24.7 Å². The third-order valence-corrected chi connectivity index (χ3v) is 6.98. The maximum atomic E-state index is 12.4. The summed E-state index contributed by atoms with van der Waals surface area (Å²) in [6.45, 7) is 2.50. The van der Waals surface area contributed by atoms with Gasteiger partial charge in [-0.05, 0) is 86.9 Å². The van der Waals surface area contributed by atoms with Crippen LogP contribution in [0.2, 0.25) is 0 Å². The highest BCUT2D eigenvalue weighted by Gasteiger charge is 2.25. The second kappa shape index (κ2) is 9.14. The summed E-state index contributed by atoms with van der Waals surface area (Å²) in [6.07, 6.45) is 1.70. The zero-order chi connectivity index (χ0) is 21.1.